The molecule has 1 saturated heterocycles. The Balaban J connectivity index is 1.44. The molecule has 0 radical (unpaired) electrons. The summed E-state index contributed by atoms with van der Waals surface area (Å²) in [6, 6.07) is 18.8. The molecule has 2 aromatic carbocycles. The minimum atomic E-state index is -0.480. The largest absolute Gasteiger partial charge is 0.347 e. The van der Waals surface area contributed by atoms with Gasteiger partial charge in [0.1, 0.15) is 0 Å². The summed E-state index contributed by atoms with van der Waals surface area (Å²) in [7, 11) is 0. The predicted octanol–water partition coefficient (Wildman–Crippen LogP) is 3.16. The molecule has 1 fully saturated rings. The van der Waals surface area contributed by atoms with Crippen LogP contribution in [0, 0.1) is 0 Å². The number of hydrogen-bond donors (Lipinski definition) is 1. The van der Waals surface area contributed by atoms with Gasteiger partial charge in [0.2, 0.25) is 0 Å². The van der Waals surface area contributed by atoms with Crippen LogP contribution in [0.15, 0.2) is 60.7 Å². The van der Waals surface area contributed by atoms with Gasteiger partial charge in [-0.25, -0.2) is 0 Å². The maximum atomic E-state index is 11.5. The first-order chi connectivity index (χ1) is 12.8. The highest BCUT2D eigenvalue weighted by atomic mass is 16.5. The third kappa shape index (κ3) is 3.78. The van der Waals surface area contributed by atoms with Gasteiger partial charge in [0.05, 0.1) is 6.10 Å². The number of carbonyl (C=O) groups excluding carboxylic acids is 1. The van der Waals surface area contributed by atoms with Crippen LogP contribution in [0.1, 0.15) is 29.2 Å². The van der Waals surface area contributed by atoms with Gasteiger partial charge < -0.3 is 10.1 Å². The van der Waals surface area contributed by atoms with E-state index in [-0.39, 0.29) is 6.10 Å². The second-order valence-electron chi connectivity index (χ2n) is 6.87. The molecule has 2 heterocycles. The molecule has 0 aliphatic carbocycles. The van der Waals surface area contributed by atoms with E-state index in [1.165, 1.54) is 16.7 Å². The summed E-state index contributed by atoms with van der Waals surface area (Å²) in [6.45, 7) is 3.43. The zero-order valence-electron chi connectivity index (χ0n) is 14.8. The van der Waals surface area contributed by atoms with E-state index in [0.29, 0.717) is 6.54 Å². The van der Waals surface area contributed by atoms with Crippen molar-refractivity contribution in [2.45, 2.75) is 25.3 Å². The van der Waals surface area contributed by atoms with Crippen molar-refractivity contribution < 1.29 is 9.53 Å². The first kappa shape index (κ1) is 17.2. The van der Waals surface area contributed by atoms with Crippen LogP contribution >= 0.6 is 0 Å². The summed E-state index contributed by atoms with van der Waals surface area (Å²) in [6.07, 6.45) is 3.71. The van der Waals surface area contributed by atoms with Crippen LogP contribution < -0.4 is 5.32 Å². The minimum Gasteiger partial charge on any atom is -0.347 e. The quantitative estimate of drug-likeness (QED) is 0.843. The smallest absolute Gasteiger partial charge is 0.168 e. The van der Waals surface area contributed by atoms with Gasteiger partial charge in [-0.2, -0.15) is 0 Å². The fourth-order valence-corrected chi connectivity index (χ4v) is 3.68. The van der Waals surface area contributed by atoms with E-state index in [2.05, 4.69) is 52.7 Å². The molecule has 2 aliphatic heterocycles. The molecule has 2 atom stereocenters. The maximum absolute atomic E-state index is 11.5. The van der Waals surface area contributed by atoms with Crippen molar-refractivity contribution in [3.63, 3.8) is 0 Å². The van der Waals surface area contributed by atoms with Crippen molar-refractivity contribution in [3.8, 4) is 0 Å². The Hall–Kier alpha value is -2.27. The summed E-state index contributed by atoms with van der Waals surface area (Å²) in [5, 5.41) is 3.34. The van der Waals surface area contributed by atoms with E-state index in [1.807, 2.05) is 18.2 Å². The Morgan fingerprint density at radius 1 is 1.12 bits per heavy atom. The monoisotopic (exact) mass is 348 g/mol. The number of rotatable bonds is 5. The highest BCUT2D eigenvalue weighted by Crippen LogP contribution is 2.29. The molecule has 0 saturated carbocycles. The fourth-order valence-electron chi connectivity index (χ4n) is 3.68. The highest BCUT2D eigenvalue weighted by molar-refractivity contribution is 5.66. The molecule has 1 unspecified atom stereocenters. The van der Waals surface area contributed by atoms with Crippen molar-refractivity contribution in [2.24, 2.45) is 0 Å². The van der Waals surface area contributed by atoms with Gasteiger partial charge in [-0.05, 0) is 35.2 Å². The number of aldehydes is 1. The molecule has 4 heteroatoms. The molecule has 2 aliphatic rings. The van der Waals surface area contributed by atoms with E-state index < -0.39 is 6.23 Å². The standard InChI is InChI=1S/C22H24N2O2/c25-16-22-24(15-21(26-22)20-4-2-1-3-5-20)14-17-6-8-18(9-7-17)19-10-12-23-13-11-19/h1-10,16,21-23H,11-15H2/t21-,22?/m0/s1. The average molecular weight is 348 g/mol. The summed E-state index contributed by atoms with van der Waals surface area (Å²) in [5.74, 6) is 0. The van der Waals surface area contributed by atoms with Crippen LogP contribution in [0.5, 0.6) is 0 Å². The number of carbonyl (C=O) groups is 1. The molecule has 2 aromatic rings. The van der Waals surface area contributed by atoms with Crippen molar-refractivity contribution in [3.05, 3.63) is 77.4 Å². The van der Waals surface area contributed by atoms with Gasteiger partial charge >= 0.3 is 0 Å². The van der Waals surface area contributed by atoms with Crippen LogP contribution in [0.3, 0.4) is 0 Å². The van der Waals surface area contributed by atoms with Crippen LogP contribution in [0.4, 0.5) is 0 Å². The Labute approximate surface area is 154 Å². The Kier molecular flexibility index (Phi) is 5.25. The lowest BCUT2D eigenvalue weighted by Crippen LogP contribution is -2.30. The SMILES string of the molecule is O=CC1O[C@H](c2ccccc2)CN1Cc1ccc(C2=CCNCC2)cc1. The van der Waals surface area contributed by atoms with Crippen LogP contribution in [0.2, 0.25) is 0 Å². The van der Waals surface area contributed by atoms with Gasteiger partial charge in [0.15, 0.2) is 12.5 Å². The number of hydrogen-bond acceptors (Lipinski definition) is 4. The second-order valence-corrected chi connectivity index (χ2v) is 6.87. The summed E-state index contributed by atoms with van der Waals surface area (Å²) < 4.78 is 5.94. The first-order valence-corrected chi connectivity index (χ1v) is 9.22. The lowest BCUT2D eigenvalue weighted by molar-refractivity contribution is -0.123. The molecule has 4 nitrogen and oxygen atoms in total. The van der Waals surface area contributed by atoms with Crippen molar-refractivity contribution in [1.82, 2.24) is 10.2 Å². The van der Waals surface area contributed by atoms with Crippen LogP contribution in [0.25, 0.3) is 5.57 Å². The third-order valence-corrected chi connectivity index (χ3v) is 5.13. The first-order valence-electron chi connectivity index (χ1n) is 9.22. The lowest BCUT2D eigenvalue weighted by Gasteiger charge is -2.19. The zero-order valence-corrected chi connectivity index (χ0v) is 14.8. The molecular formula is C22H24N2O2. The molecule has 0 aromatic heterocycles. The van der Waals surface area contributed by atoms with Gasteiger partial charge in [0.25, 0.3) is 0 Å². The number of benzene rings is 2. The summed E-state index contributed by atoms with van der Waals surface area (Å²) >= 11 is 0. The topological polar surface area (TPSA) is 41.6 Å². The van der Waals surface area contributed by atoms with Gasteiger partial charge in [-0.3, -0.25) is 9.69 Å². The van der Waals surface area contributed by atoms with E-state index >= 15 is 0 Å². The Bertz CT molecular complexity index is 770. The van der Waals surface area contributed by atoms with E-state index in [4.69, 9.17) is 4.74 Å². The molecule has 134 valence electrons. The number of nitrogens with one attached hydrogen (secondary N) is 1. The lowest BCUT2D eigenvalue weighted by atomic mass is 9.99. The fraction of sp³-hybridized carbons (Fsp3) is 0.318. The molecule has 0 amide bonds. The third-order valence-electron chi connectivity index (χ3n) is 5.13. The van der Waals surface area contributed by atoms with E-state index in [1.54, 1.807) is 0 Å². The molecule has 26 heavy (non-hydrogen) atoms. The zero-order chi connectivity index (χ0) is 17.8. The van der Waals surface area contributed by atoms with Gasteiger partial charge in [0, 0.05) is 19.6 Å². The summed E-state index contributed by atoms with van der Waals surface area (Å²) in [4.78, 5) is 13.6. The van der Waals surface area contributed by atoms with Crippen molar-refractivity contribution in [1.29, 1.82) is 0 Å². The molecule has 0 bridgehead atoms. The summed E-state index contributed by atoms with van der Waals surface area (Å²) in [5.41, 5.74) is 5.03. The van der Waals surface area contributed by atoms with Gasteiger partial charge in [-0.1, -0.05) is 60.7 Å². The normalized spacial score (nSPS) is 23.6. The number of nitrogens with zero attached hydrogens (tertiary/aromatic N) is 1. The second kappa shape index (κ2) is 7.96. The highest BCUT2D eigenvalue weighted by Gasteiger charge is 2.33. The van der Waals surface area contributed by atoms with E-state index in [0.717, 1.165) is 37.9 Å². The minimum absolute atomic E-state index is 0.0504. The molecule has 0 spiro atoms. The maximum Gasteiger partial charge on any atom is 0.168 e. The average Bonchev–Trinajstić information content (AvgIpc) is 3.13. The van der Waals surface area contributed by atoms with Crippen LogP contribution in [-0.2, 0) is 16.1 Å². The Morgan fingerprint density at radius 2 is 1.92 bits per heavy atom. The Morgan fingerprint density at radius 3 is 2.62 bits per heavy atom. The van der Waals surface area contributed by atoms with E-state index in [9.17, 15) is 4.79 Å². The van der Waals surface area contributed by atoms with Gasteiger partial charge in [-0.15, -0.1) is 0 Å². The van der Waals surface area contributed by atoms with Crippen molar-refractivity contribution >= 4 is 11.9 Å². The van der Waals surface area contributed by atoms with Crippen molar-refractivity contribution in [2.75, 3.05) is 19.6 Å². The van der Waals surface area contributed by atoms with Crippen LogP contribution in [-0.4, -0.2) is 37.0 Å². The molecule has 1 N–H and O–H groups in total. The molecule has 4 rings (SSSR count). The number of ether oxygens (including phenoxy) is 1. The molecular weight excluding hydrogens is 324 g/mol. The predicted molar refractivity (Wildman–Crippen MR) is 102 cm³/mol.